The zero-order chi connectivity index (χ0) is 22.6. The van der Waals surface area contributed by atoms with Crippen LogP contribution in [0.15, 0.2) is 30.3 Å². The number of nitrogens with zero attached hydrogens (tertiary/aromatic N) is 3. The molecule has 0 N–H and O–H groups in total. The highest BCUT2D eigenvalue weighted by atomic mass is 16.5. The summed E-state index contributed by atoms with van der Waals surface area (Å²) in [5, 5.41) is 0. The molecule has 3 heterocycles. The monoisotopic (exact) mass is 429 g/mol. The maximum atomic E-state index is 13.2. The van der Waals surface area contributed by atoms with E-state index < -0.39 is 5.60 Å². The number of aryl methyl sites for hydroxylation is 4. The van der Waals surface area contributed by atoms with E-state index >= 15 is 0 Å². The number of benzene rings is 2. The van der Waals surface area contributed by atoms with Crippen molar-refractivity contribution in [3.05, 3.63) is 64.0 Å². The molecule has 0 unspecified atom stereocenters. The molecule has 0 atom stereocenters. The summed E-state index contributed by atoms with van der Waals surface area (Å²) in [6.07, 6.45) is 1.65. The lowest BCUT2D eigenvalue weighted by Crippen LogP contribution is -2.52. The molecule has 1 fully saturated rings. The number of ether oxygens (including phenoxy) is 1. The zero-order valence-electron chi connectivity index (χ0n) is 19.0. The maximum absolute atomic E-state index is 13.2. The molecule has 6 nitrogen and oxygen atoms in total. The van der Waals surface area contributed by atoms with Gasteiger partial charge >= 0.3 is 0 Å². The fourth-order valence-electron chi connectivity index (χ4n) is 4.69. The molecule has 6 heteroatoms. The van der Waals surface area contributed by atoms with Crippen molar-refractivity contribution in [2.45, 2.75) is 52.6 Å². The van der Waals surface area contributed by atoms with E-state index in [2.05, 4.69) is 9.97 Å². The van der Waals surface area contributed by atoms with Crippen molar-refractivity contribution in [1.82, 2.24) is 14.9 Å². The van der Waals surface area contributed by atoms with Gasteiger partial charge < -0.3 is 9.64 Å². The van der Waals surface area contributed by atoms with Crippen LogP contribution < -0.4 is 4.74 Å². The number of fused-ring (bicyclic) bond motifs is 2. The fraction of sp³-hybridized carbons (Fsp3) is 0.385. The molecule has 164 valence electrons. The van der Waals surface area contributed by atoms with E-state index in [0.717, 1.165) is 33.5 Å². The first-order valence-corrected chi connectivity index (χ1v) is 11.1. The summed E-state index contributed by atoms with van der Waals surface area (Å²) >= 11 is 0. The first-order chi connectivity index (χ1) is 15.2. The van der Waals surface area contributed by atoms with Crippen molar-refractivity contribution in [2.75, 3.05) is 13.1 Å². The Morgan fingerprint density at radius 3 is 2.31 bits per heavy atom. The van der Waals surface area contributed by atoms with Gasteiger partial charge in [-0.2, -0.15) is 0 Å². The van der Waals surface area contributed by atoms with Gasteiger partial charge in [-0.25, -0.2) is 9.97 Å². The number of hydrogen-bond acceptors (Lipinski definition) is 5. The SMILES string of the molecule is Cc1cc2c(cc1C)C(=O)CC1(CCN(C(=O)c3ccc4nc(C)c(C)nc4c3)CC1)O2. The van der Waals surface area contributed by atoms with Gasteiger partial charge in [-0.05, 0) is 69.2 Å². The van der Waals surface area contributed by atoms with Gasteiger partial charge in [0.25, 0.3) is 5.91 Å². The first-order valence-electron chi connectivity index (χ1n) is 11.1. The molecule has 3 aromatic rings. The van der Waals surface area contributed by atoms with E-state index in [9.17, 15) is 9.59 Å². The molecule has 1 saturated heterocycles. The minimum atomic E-state index is -0.522. The second-order valence-corrected chi connectivity index (χ2v) is 9.21. The number of rotatable bonds is 1. The second kappa shape index (κ2) is 7.40. The van der Waals surface area contributed by atoms with Gasteiger partial charge in [0.05, 0.1) is 34.4 Å². The second-order valence-electron chi connectivity index (χ2n) is 9.21. The van der Waals surface area contributed by atoms with E-state index in [-0.39, 0.29) is 11.7 Å². The van der Waals surface area contributed by atoms with E-state index in [1.807, 2.05) is 62.9 Å². The highest BCUT2D eigenvalue weighted by Gasteiger charge is 2.43. The average molecular weight is 430 g/mol. The molecule has 1 aromatic heterocycles. The quantitative estimate of drug-likeness (QED) is 0.569. The lowest BCUT2D eigenvalue weighted by Gasteiger charge is -2.44. The van der Waals surface area contributed by atoms with Gasteiger partial charge in [-0.15, -0.1) is 0 Å². The molecule has 0 radical (unpaired) electrons. The topological polar surface area (TPSA) is 72.4 Å². The molecular weight excluding hydrogens is 402 g/mol. The van der Waals surface area contributed by atoms with Crippen LogP contribution in [-0.4, -0.2) is 45.2 Å². The van der Waals surface area contributed by atoms with Crippen molar-refractivity contribution in [2.24, 2.45) is 0 Å². The number of carbonyl (C=O) groups is 2. The Hall–Kier alpha value is -3.28. The smallest absolute Gasteiger partial charge is 0.253 e. The van der Waals surface area contributed by atoms with E-state index in [1.165, 1.54) is 0 Å². The molecule has 0 bridgehead atoms. The third-order valence-corrected chi connectivity index (χ3v) is 6.99. The maximum Gasteiger partial charge on any atom is 0.253 e. The Balaban J connectivity index is 1.34. The third-order valence-electron chi connectivity index (χ3n) is 6.99. The molecule has 1 amide bonds. The predicted molar refractivity (Wildman–Crippen MR) is 122 cm³/mol. The number of ketones is 1. The van der Waals surface area contributed by atoms with Crippen molar-refractivity contribution in [3.8, 4) is 5.75 Å². The number of hydrogen-bond donors (Lipinski definition) is 0. The van der Waals surface area contributed by atoms with Gasteiger partial charge in [-0.1, -0.05) is 0 Å². The molecule has 0 saturated carbocycles. The average Bonchev–Trinajstić information content (AvgIpc) is 2.76. The van der Waals surface area contributed by atoms with Gasteiger partial charge in [-0.3, -0.25) is 9.59 Å². The Bertz CT molecular complexity index is 1270. The van der Waals surface area contributed by atoms with E-state index in [0.29, 0.717) is 49.2 Å². The standard InChI is InChI=1S/C26H27N3O3/c1-15-11-20-23(30)14-26(32-24(20)12-16(15)2)7-9-29(10-8-26)25(31)19-5-6-21-22(13-19)28-18(4)17(3)27-21/h5-6,11-13H,7-10,14H2,1-4H3. The molecule has 32 heavy (non-hydrogen) atoms. The van der Waals surface area contributed by atoms with Crippen LogP contribution >= 0.6 is 0 Å². The Morgan fingerprint density at radius 2 is 1.59 bits per heavy atom. The molecule has 5 rings (SSSR count). The largest absolute Gasteiger partial charge is 0.486 e. The Kier molecular flexibility index (Phi) is 4.77. The number of piperidine rings is 1. The molecule has 2 aromatic carbocycles. The summed E-state index contributed by atoms with van der Waals surface area (Å²) in [6.45, 7) is 9.02. The van der Waals surface area contributed by atoms with Crippen LogP contribution in [-0.2, 0) is 0 Å². The van der Waals surface area contributed by atoms with Crippen LogP contribution in [0.5, 0.6) is 5.75 Å². The number of likely N-dealkylation sites (tertiary alicyclic amines) is 1. The van der Waals surface area contributed by atoms with E-state index in [1.54, 1.807) is 0 Å². The minimum absolute atomic E-state index is 0.0178. The molecule has 0 aliphatic carbocycles. The van der Waals surface area contributed by atoms with Gasteiger partial charge in [0.15, 0.2) is 5.78 Å². The van der Waals surface area contributed by atoms with Crippen molar-refractivity contribution >= 4 is 22.7 Å². The first kappa shape index (κ1) is 20.6. The summed E-state index contributed by atoms with van der Waals surface area (Å²) in [7, 11) is 0. The van der Waals surface area contributed by atoms with Crippen LogP contribution in [0.1, 0.15) is 62.5 Å². The van der Waals surface area contributed by atoms with E-state index in [4.69, 9.17) is 4.74 Å². The normalized spacial score (nSPS) is 17.4. The summed E-state index contributed by atoms with van der Waals surface area (Å²) < 4.78 is 6.41. The van der Waals surface area contributed by atoms with Crippen LogP contribution in [0.3, 0.4) is 0 Å². The number of Topliss-reactive ketones (excluding diaryl/α,β-unsaturated/α-hetero) is 1. The lowest BCUT2D eigenvalue weighted by atomic mass is 9.81. The van der Waals surface area contributed by atoms with Crippen LogP contribution in [0.2, 0.25) is 0 Å². The van der Waals surface area contributed by atoms with Gasteiger partial charge in [0.2, 0.25) is 0 Å². The number of aromatic nitrogens is 2. The van der Waals surface area contributed by atoms with Crippen molar-refractivity contribution < 1.29 is 14.3 Å². The Morgan fingerprint density at radius 1 is 0.938 bits per heavy atom. The summed E-state index contributed by atoms with van der Waals surface area (Å²) in [5.74, 6) is 0.798. The number of carbonyl (C=O) groups excluding carboxylic acids is 2. The number of amides is 1. The molecule has 1 spiro atoms. The fourth-order valence-corrected chi connectivity index (χ4v) is 4.69. The highest BCUT2D eigenvalue weighted by molar-refractivity contribution is 6.01. The molecule has 2 aliphatic rings. The van der Waals surface area contributed by atoms with Crippen LogP contribution in [0, 0.1) is 27.7 Å². The van der Waals surface area contributed by atoms with Gasteiger partial charge in [0, 0.05) is 31.5 Å². The lowest BCUT2D eigenvalue weighted by molar-refractivity contribution is -0.00575. The van der Waals surface area contributed by atoms with Crippen LogP contribution in [0.4, 0.5) is 0 Å². The van der Waals surface area contributed by atoms with Crippen molar-refractivity contribution in [3.63, 3.8) is 0 Å². The van der Waals surface area contributed by atoms with Crippen molar-refractivity contribution in [1.29, 1.82) is 0 Å². The third kappa shape index (κ3) is 3.44. The zero-order valence-corrected chi connectivity index (χ0v) is 19.0. The summed E-state index contributed by atoms with van der Waals surface area (Å²) in [4.78, 5) is 37.0. The minimum Gasteiger partial charge on any atom is -0.486 e. The van der Waals surface area contributed by atoms with Gasteiger partial charge in [0.1, 0.15) is 11.4 Å². The summed E-state index contributed by atoms with van der Waals surface area (Å²) in [5.41, 5.74) is 6.28. The summed E-state index contributed by atoms with van der Waals surface area (Å²) in [6, 6.07) is 9.41. The van der Waals surface area contributed by atoms with Crippen LogP contribution in [0.25, 0.3) is 11.0 Å². The molecule has 2 aliphatic heterocycles. The predicted octanol–water partition coefficient (Wildman–Crippen LogP) is 4.50. The Labute approximate surface area is 187 Å². The highest BCUT2D eigenvalue weighted by Crippen LogP contribution is 2.40. The molecular formula is C26H27N3O3.